The van der Waals surface area contributed by atoms with Gasteiger partial charge in [0.1, 0.15) is 0 Å². The van der Waals surface area contributed by atoms with E-state index in [-0.39, 0.29) is 5.56 Å². The van der Waals surface area contributed by atoms with Gasteiger partial charge in [0, 0.05) is 16.4 Å². The lowest BCUT2D eigenvalue weighted by atomic mass is 10.1. The van der Waals surface area contributed by atoms with Crippen molar-refractivity contribution in [2.75, 3.05) is 10.6 Å². The molecular formula is C15H13ClN2O3. The molecule has 0 heterocycles. The van der Waals surface area contributed by atoms with Gasteiger partial charge in [0.15, 0.2) is 0 Å². The third kappa shape index (κ3) is 3.97. The molecule has 0 fully saturated rings. The zero-order chi connectivity index (χ0) is 15.4. The van der Waals surface area contributed by atoms with Crippen molar-refractivity contribution in [2.45, 2.75) is 6.92 Å². The Morgan fingerprint density at radius 1 is 1.00 bits per heavy atom. The number of rotatable bonds is 3. The number of hydrogen-bond donors (Lipinski definition) is 3. The average molecular weight is 305 g/mol. The molecule has 0 saturated heterocycles. The lowest BCUT2D eigenvalue weighted by Gasteiger charge is -2.09. The lowest BCUT2D eigenvalue weighted by molar-refractivity contribution is 0.0696. The molecule has 0 aliphatic heterocycles. The largest absolute Gasteiger partial charge is 0.478 e. The summed E-state index contributed by atoms with van der Waals surface area (Å²) in [4.78, 5) is 22.9. The van der Waals surface area contributed by atoms with Gasteiger partial charge in [0.05, 0.1) is 5.56 Å². The van der Waals surface area contributed by atoms with Crippen LogP contribution in [0.15, 0.2) is 42.5 Å². The predicted octanol–water partition coefficient (Wildman–Crippen LogP) is 3.99. The maximum Gasteiger partial charge on any atom is 0.336 e. The summed E-state index contributed by atoms with van der Waals surface area (Å²) in [6, 6.07) is 10.9. The molecule has 0 atom stereocenters. The Kier molecular flexibility index (Phi) is 4.45. The van der Waals surface area contributed by atoms with Crippen molar-refractivity contribution < 1.29 is 14.7 Å². The fraction of sp³-hybridized carbons (Fsp3) is 0.0667. The Balaban J connectivity index is 2.07. The van der Waals surface area contributed by atoms with E-state index in [0.29, 0.717) is 22.0 Å². The van der Waals surface area contributed by atoms with Gasteiger partial charge in [-0.25, -0.2) is 9.59 Å². The summed E-state index contributed by atoms with van der Waals surface area (Å²) in [6.45, 7) is 1.70. The molecule has 2 aromatic carbocycles. The number of urea groups is 1. The highest BCUT2D eigenvalue weighted by molar-refractivity contribution is 6.30. The highest BCUT2D eigenvalue weighted by Gasteiger charge is 2.09. The molecule has 0 spiro atoms. The van der Waals surface area contributed by atoms with Crippen LogP contribution >= 0.6 is 11.6 Å². The fourth-order valence-electron chi connectivity index (χ4n) is 1.76. The van der Waals surface area contributed by atoms with Crippen molar-refractivity contribution in [1.29, 1.82) is 0 Å². The molecule has 3 N–H and O–H groups in total. The third-order valence-electron chi connectivity index (χ3n) is 2.83. The first-order chi connectivity index (χ1) is 9.95. The van der Waals surface area contributed by atoms with E-state index in [1.807, 2.05) is 0 Å². The van der Waals surface area contributed by atoms with Gasteiger partial charge < -0.3 is 15.7 Å². The number of aromatic carboxylic acids is 1. The molecular weight excluding hydrogens is 292 g/mol. The van der Waals surface area contributed by atoms with Gasteiger partial charge in [0.2, 0.25) is 0 Å². The number of halogens is 1. The van der Waals surface area contributed by atoms with E-state index in [9.17, 15) is 9.59 Å². The molecule has 0 aliphatic carbocycles. The van der Waals surface area contributed by atoms with Crippen LogP contribution in [0.1, 0.15) is 15.9 Å². The summed E-state index contributed by atoms with van der Waals surface area (Å²) >= 11 is 5.76. The van der Waals surface area contributed by atoms with Crippen molar-refractivity contribution in [1.82, 2.24) is 0 Å². The standard InChI is InChI=1S/C15H13ClN2O3/c1-9-2-5-12(8-13(9)14(19)20)18-15(21)17-11-6-3-10(16)4-7-11/h2-8H,1H3,(H,19,20)(H2,17,18,21). The predicted molar refractivity (Wildman–Crippen MR) is 82.2 cm³/mol. The van der Waals surface area contributed by atoms with Crippen LogP contribution in [0.3, 0.4) is 0 Å². The normalized spacial score (nSPS) is 10.0. The van der Waals surface area contributed by atoms with Gasteiger partial charge >= 0.3 is 12.0 Å². The van der Waals surface area contributed by atoms with E-state index in [2.05, 4.69) is 10.6 Å². The van der Waals surface area contributed by atoms with Crippen LogP contribution < -0.4 is 10.6 Å². The summed E-state index contributed by atoms with van der Waals surface area (Å²) in [5.41, 5.74) is 1.78. The number of benzene rings is 2. The number of amides is 2. The van der Waals surface area contributed by atoms with Crippen LogP contribution in [-0.2, 0) is 0 Å². The lowest BCUT2D eigenvalue weighted by Crippen LogP contribution is -2.19. The van der Waals surface area contributed by atoms with E-state index in [1.54, 1.807) is 43.3 Å². The Hall–Kier alpha value is -2.53. The maximum atomic E-state index is 11.8. The monoisotopic (exact) mass is 304 g/mol. The third-order valence-corrected chi connectivity index (χ3v) is 3.08. The Labute approximate surface area is 126 Å². The van der Waals surface area contributed by atoms with Crippen LogP contribution in [-0.4, -0.2) is 17.1 Å². The van der Waals surface area contributed by atoms with E-state index >= 15 is 0 Å². The Morgan fingerprint density at radius 2 is 1.57 bits per heavy atom. The first-order valence-electron chi connectivity index (χ1n) is 6.13. The summed E-state index contributed by atoms with van der Waals surface area (Å²) in [7, 11) is 0. The summed E-state index contributed by atoms with van der Waals surface area (Å²) in [6.07, 6.45) is 0. The number of hydrogen-bond acceptors (Lipinski definition) is 2. The number of nitrogens with one attached hydrogen (secondary N) is 2. The number of carboxylic acid groups (broad SMARTS) is 1. The Bertz CT molecular complexity index is 684. The molecule has 0 aliphatic rings. The van der Waals surface area contributed by atoms with Crippen LogP contribution in [0.2, 0.25) is 5.02 Å². The number of carboxylic acids is 1. The highest BCUT2D eigenvalue weighted by Crippen LogP contribution is 2.17. The van der Waals surface area contributed by atoms with E-state index < -0.39 is 12.0 Å². The zero-order valence-electron chi connectivity index (χ0n) is 11.2. The van der Waals surface area contributed by atoms with Crippen LogP contribution in [0.5, 0.6) is 0 Å². The van der Waals surface area contributed by atoms with Gasteiger partial charge in [-0.05, 0) is 48.9 Å². The first-order valence-corrected chi connectivity index (χ1v) is 6.51. The van der Waals surface area contributed by atoms with Crippen LogP contribution in [0.25, 0.3) is 0 Å². The quantitative estimate of drug-likeness (QED) is 0.802. The van der Waals surface area contributed by atoms with Crippen molar-refractivity contribution in [2.24, 2.45) is 0 Å². The van der Waals surface area contributed by atoms with Gasteiger partial charge in [0.25, 0.3) is 0 Å². The Morgan fingerprint density at radius 3 is 2.19 bits per heavy atom. The fourth-order valence-corrected chi connectivity index (χ4v) is 1.88. The van der Waals surface area contributed by atoms with Gasteiger partial charge in [-0.1, -0.05) is 17.7 Å². The summed E-state index contributed by atoms with van der Waals surface area (Å²) < 4.78 is 0. The second kappa shape index (κ2) is 6.28. The van der Waals surface area contributed by atoms with Gasteiger partial charge in [-0.2, -0.15) is 0 Å². The number of aryl methyl sites for hydroxylation is 1. The van der Waals surface area contributed by atoms with Crippen molar-refractivity contribution >= 4 is 35.0 Å². The molecule has 21 heavy (non-hydrogen) atoms. The summed E-state index contributed by atoms with van der Waals surface area (Å²) in [5, 5.41) is 14.8. The van der Waals surface area contributed by atoms with Crippen molar-refractivity contribution in [3.8, 4) is 0 Å². The first kappa shape index (κ1) is 14.9. The molecule has 0 bridgehead atoms. The SMILES string of the molecule is Cc1ccc(NC(=O)Nc2ccc(Cl)cc2)cc1C(=O)O. The molecule has 6 heteroatoms. The molecule has 2 amide bonds. The van der Waals surface area contributed by atoms with Gasteiger partial charge in [-0.3, -0.25) is 0 Å². The number of carbonyl (C=O) groups is 2. The van der Waals surface area contributed by atoms with Crippen LogP contribution in [0, 0.1) is 6.92 Å². The van der Waals surface area contributed by atoms with Crippen molar-refractivity contribution in [3.05, 3.63) is 58.6 Å². The molecule has 108 valence electrons. The maximum absolute atomic E-state index is 11.8. The minimum atomic E-state index is -1.03. The molecule has 0 radical (unpaired) electrons. The number of carbonyl (C=O) groups excluding carboxylic acids is 1. The van der Waals surface area contributed by atoms with E-state index in [1.165, 1.54) is 6.07 Å². The van der Waals surface area contributed by atoms with Crippen molar-refractivity contribution in [3.63, 3.8) is 0 Å². The average Bonchev–Trinajstić information content (AvgIpc) is 2.43. The highest BCUT2D eigenvalue weighted by atomic mass is 35.5. The molecule has 2 rings (SSSR count). The molecule has 0 unspecified atom stereocenters. The van der Waals surface area contributed by atoms with Crippen LogP contribution in [0.4, 0.5) is 16.2 Å². The topological polar surface area (TPSA) is 78.4 Å². The van der Waals surface area contributed by atoms with E-state index in [0.717, 1.165) is 0 Å². The smallest absolute Gasteiger partial charge is 0.336 e. The van der Waals surface area contributed by atoms with Gasteiger partial charge in [-0.15, -0.1) is 0 Å². The minimum absolute atomic E-state index is 0.152. The molecule has 2 aromatic rings. The molecule has 0 aromatic heterocycles. The molecule has 5 nitrogen and oxygen atoms in total. The minimum Gasteiger partial charge on any atom is -0.478 e. The molecule has 0 saturated carbocycles. The second-order valence-corrected chi connectivity index (χ2v) is 4.86. The van der Waals surface area contributed by atoms with E-state index in [4.69, 9.17) is 16.7 Å². The zero-order valence-corrected chi connectivity index (χ0v) is 11.9. The second-order valence-electron chi connectivity index (χ2n) is 4.42. The summed E-state index contributed by atoms with van der Waals surface area (Å²) in [5.74, 6) is -1.03. The number of anilines is 2.